The van der Waals surface area contributed by atoms with Gasteiger partial charge in [0, 0.05) is 32.7 Å². The summed E-state index contributed by atoms with van der Waals surface area (Å²) >= 11 is 0. The Labute approximate surface area is 123 Å². The molecule has 1 atom stereocenters. The summed E-state index contributed by atoms with van der Waals surface area (Å²) in [6, 6.07) is 3.52. The lowest BCUT2D eigenvalue weighted by Crippen LogP contribution is -2.52. The van der Waals surface area contributed by atoms with E-state index in [1.165, 1.54) is 12.3 Å². The minimum Gasteiger partial charge on any atom is -0.351 e. The SMILES string of the molecule is CC1CN(Cc2nncn2C)CCN1c1ccc(F)cn1. The highest BCUT2D eigenvalue weighted by Crippen LogP contribution is 2.19. The fraction of sp³-hybridized carbons (Fsp3) is 0.500. The van der Waals surface area contributed by atoms with Crippen LogP contribution in [0.4, 0.5) is 10.2 Å². The highest BCUT2D eigenvalue weighted by atomic mass is 19.1. The number of rotatable bonds is 3. The van der Waals surface area contributed by atoms with Gasteiger partial charge in [-0.1, -0.05) is 0 Å². The molecule has 3 rings (SSSR count). The molecule has 0 aromatic carbocycles. The van der Waals surface area contributed by atoms with Crippen LogP contribution in [0.2, 0.25) is 0 Å². The van der Waals surface area contributed by atoms with Crippen molar-refractivity contribution in [1.29, 1.82) is 0 Å². The maximum atomic E-state index is 13.0. The summed E-state index contributed by atoms with van der Waals surface area (Å²) in [4.78, 5) is 8.74. The van der Waals surface area contributed by atoms with Crippen molar-refractivity contribution in [3.63, 3.8) is 0 Å². The second kappa shape index (κ2) is 5.77. The van der Waals surface area contributed by atoms with Gasteiger partial charge < -0.3 is 9.47 Å². The van der Waals surface area contributed by atoms with Gasteiger partial charge in [0.2, 0.25) is 0 Å². The topological polar surface area (TPSA) is 50.1 Å². The van der Waals surface area contributed by atoms with Crippen LogP contribution < -0.4 is 4.90 Å². The molecule has 0 amide bonds. The van der Waals surface area contributed by atoms with Gasteiger partial charge in [0.05, 0.1) is 12.7 Å². The molecule has 2 aromatic heterocycles. The number of aromatic nitrogens is 4. The van der Waals surface area contributed by atoms with Crippen LogP contribution in [-0.4, -0.2) is 50.3 Å². The molecule has 0 saturated carbocycles. The van der Waals surface area contributed by atoms with Crippen LogP contribution in [0, 0.1) is 5.82 Å². The van der Waals surface area contributed by atoms with Crippen LogP contribution in [-0.2, 0) is 13.6 Å². The van der Waals surface area contributed by atoms with Gasteiger partial charge in [0.15, 0.2) is 0 Å². The van der Waals surface area contributed by atoms with Crippen molar-refractivity contribution in [2.75, 3.05) is 24.5 Å². The molecule has 6 nitrogen and oxygen atoms in total. The monoisotopic (exact) mass is 290 g/mol. The zero-order valence-electron chi connectivity index (χ0n) is 12.3. The maximum absolute atomic E-state index is 13.0. The third kappa shape index (κ3) is 3.02. The van der Waals surface area contributed by atoms with E-state index in [1.807, 2.05) is 11.6 Å². The van der Waals surface area contributed by atoms with Crippen molar-refractivity contribution < 1.29 is 4.39 Å². The number of nitrogens with zero attached hydrogens (tertiary/aromatic N) is 6. The summed E-state index contributed by atoms with van der Waals surface area (Å²) in [7, 11) is 1.96. The average molecular weight is 290 g/mol. The van der Waals surface area contributed by atoms with Gasteiger partial charge >= 0.3 is 0 Å². The lowest BCUT2D eigenvalue weighted by Gasteiger charge is -2.40. The Balaban J connectivity index is 1.64. The van der Waals surface area contributed by atoms with Gasteiger partial charge in [0.1, 0.15) is 23.8 Å². The van der Waals surface area contributed by atoms with Crippen molar-refractivity contribution >= 4 is 5.82 Å². The molecule has 1 aliphatic rings. The van der Waals surface area contributed by atoms with E-state index in [-0.39, 0.29) is 5.82 Å². The first-order chi connectivity index (χ1) is 10.1. The van der Waals surface area contributed by atoms with E-state index in [4.69, 9.17) is 0 Å². The summed E-state index contributed by atoms with van der Waals surface area (Å²) in [5.74, 6) is 1.50. The average Bonchev–Trinajstić information content (AvgIpc) is 2.86. The molecule has 112 valence electrons. The van der Waals surface area contributed by atoms with Gasteiger partial charge in [0.25, 0.3) is 0 Å². The van der Waals surface area contributed by atoms with Gasteiger partial charge in [-0.3, -0.25) is 4.90 Å². The molecule has 0 aliphatic carbocycles. The summed E-state index contributed by atoms with van der Waals surface area (Å²) in [6.07, 6.45) is 2.99. The Bertz CT molecular complexity index is 596. The number of piperazine rings is 1. The summed E-state index contributed by atoms with van der Waals surface area (Å²) in [5.41, 5.74) is 0. The molecular formula is C14H19FN6. The summed E-state index contributed by atoms with van der Waals surface area (Å²) < 4.78 is 14.9. The molecule has 1 fully saturated rings. The minimum absolute atomic E-state index is 0.299. The van der Waals surface area contributed by atoms with Gasteiger partial charge in [-0.05, 0) is 19.1 Å². The van der Waals surface area contributed by atoms with Gasteiger partial charge in [-0.2, -0.15) is 0 Å². The first-order valence-electron chi connectivity index (χ1n) is 7.07. The molecule has 1 saturated heterocycles. The van der Waals surface area contributed by atoms with Crippen molar-refractivity contribution in [1.82, 2.24) is 24.6 Å². The molecular weight excluding hydrogens is 271 g/mol. The predicted octanol–water partition coefficient (Wildman–Crippen LogP) is 1.06. The maximum Gasteiger partial charge on any atom is 0.146 e. The standard InChI is InChI=1S/C14H19FN6/c1-11-8-20(9-14-18-17-10-19(14)2)5-6-21(11)13-4-3-12(15)7-16-13/h3-4,7,10-11H,5-6,8-9H2,1-2H3. The number of hydrogen-bond donors (Lipinski definition) is 0. The van der Waals surface area contributed by atoms with Crippen LogP contribution in [0.15, 0.2) is 24.7 Å². The number of halogens is 1. The molecule has 1 aliphatic heterocycles. The van der Waals surface area contributed by atoms with Crippen LogP contribution in [0.5, 0.6) is 0 Å². The molecule has 0 bridgehead atoms. The fourth-order valence-corrected chi connectivity index (χ4v) is 2.71. The zero-order valence-corrected chi connectivity index (χ0v) is 12.3. The Kier molecular flexibility index (Phi) is 3.83. The Morgan fingerprint density at radius 1 is 1.33 bits per heavy atom. The van der Waals surface area contributed by atoms with Crippen molar-refractivity contribution in [2.45, 2.75) is 19.5 Å². The molecule has 0 N–H and O–H groups in total. The zero-order chi connectivity index (χ0) is 14.8. The Hall–Kier alpha value is -2.02. The quantitative estimate of drug-likeness (QED) is 0.846. The second-order valence-electron chi connectivity index (χ2n) is 5.47. The van der Waals surface area contributed by atoms with Crippen molar-refractivity contribution in [3.05, 3.63) is 36.3 Å². The molecule has 0 spiro atoms. The van der Waals surface area contributed by atoms with Crippen molar-refractivity contribution in [3.8, 4) is 0 Å². The number of aryl methyl sites for hydroxylation is 1. The van der Waals surface area contributed by atoms with E-state index < -0.39 is 0 Å². The fourth-order valence-electron chi connectivity index (χ4n) is 2.71. The van der Waals surface area contributed by atoms with E-state index in [2.05, 4.69) is 31.9 Å². The highest BCUT2D eigenvalue weighted by Gasteiger charge is 2.25. The van der Waals surface area contributed by atoms with Crippen molar-refractivity contribution in [2.24, 2.45) is 7.05 Å². The molecule has 3 heterocycles. The third-order valence-corrected chi connectivity index (χ3v) is 3.89. The lowest BCUT2D eigenvalue weighted by molar-refractivity contribution is 0.213. The smallest absolute Gasteiger partial charge is 0.146 e. The Morgan fingerprint density at radius 3 is 2.81 bits per heavy atom. The molecule has 1 unspecified atom stereocenters. The lowest BCUT2D eigenvalue weighted by atomic mass is 10.2. The summed E-state index contributed by atoms with van der Waals surface area (Å²) in [5, 5.41) is 8.03. The molecule has 0 radical (unpaired) electrons. The number of hydrogen-bond acceptors (Lipinski definition) is 5. The molecule has 2 aromatic rings. The van der Waals surface area contributed by atoms with Crippen LogP contribution in [0.25, 0.3) is 0 Å². The molecule has 7 heteroatoms. The summed E-state index contributed by atoms with van der Waals surface area (Å²) in [6.45, 7) is 5.68. The van der Waals surface area contributed by atoms with Crippen LogP contribution in [0.1, 0.15) is 12.7 Å². The highest BCUT2D eigenvalue weighted by molar-refractivity contribution is 5.40. The minimum atomic E-state index is -0.299. The van der Waals surface area contributed by atoms with E-state index in [0.29, 0.717) is 6.04 Å². The second-order valence-corrected chi connectivity index (χ2v) is 5.47. The normalized spacial score (nSPS) is 20.0. The largest absolute Gasteiger partial charge is 0.351 e. The van der Waals surface area contributed by atoms with Gasteiger partial charge in [-0.25, -0.2) is 9.37 Å². The van der Waals surface area contributed by atoms with Crippen LogP contribution >= 0.6 is 0 Å². The number of anilines is 1. The predicted molar refractivity (Wildman–Crippen MR) is 77.3 cm³/mol. The van der Waals surface area contributed by atoms with Gasteiger partial charge in [-0.15, -0.1) is 10.2 Å². The Morgan fingerprint density at radius 2 is 2.19 bits per heavy atom. The van der Waals surface area contributed by atoms with E-state index in [1.54, 1.807) is 12.4 Å². The van der Waals surface area contributed by atoms with E-state index >= 15 is 0 Å². The molecule has 21 heavy (non-hydrogen) atoms. The number of pyridine rings is 1. The van der Waals surface area contributed by atoms with E-state index in [9.17, 15) is 4.39 Å². The third-order valence-electron chi connectivity index (χ3n) is 3.89. The first kappa shape index (κ1) is 13.9. The van der Waals surface area contributed by atoms with Crippen LogP contribution in [0.3, 0.4) is 0 Å². The van der Waals surface area contributed by atoms with E-state index in [0.717, 1.165) is 37.8 Å². The first-order valence-corrected chi connectivity index (χ1v) is 7.07.